The molecule has 1 aliphatic carbocycles. The summed E-state index contributed by atoms with van der Waals surface area (Å²) in [6.45, 7) is -0.496. The van der Waals surface area contributed by atoms with Crippen LogP contribution in [0.3, 0.4) is 0 Å². The van der Waals surface area contributed by atoms with E-state index in [2.05, 4.69) is 22.1 Å². The molecular weight excluding hydrogens is 352 g/mol. The molecule has 0 bridgehead atoms. The first kappa shape index (κ1) is 19.1. The van der Waals surface area contributed by atoms with Crippen LogP contribution in [0.15, 0.2) is 42.7 Å². The highest BCUT2D eigenvalue weighted by molar-refractivity contribution is 5.99. The average Bonchev–Trinajstić information content (AvgIpc) is 2.65. The number of halogens is 2. The molecule has 1 aromatic heterocycles. The highest BCUT2D eigenvalue weighted by Gasteiger charge is 2.37. The summed E-state index contributed by atoms with van der Waals surface area (Å²) in [5.41, 5.74) is 1.63. The lowest BCUT2D eigenvalue weighted by molar-refractivity contribution is -0.131. The molecule has 1 aromatic carbocycles. The predicted octanol–water partition coefficient (Wildman–Crippen LogP) is 3.00. The highest BCUT2D eigenvalue weighted by atomic mass is 19.3. The number of Topliss-reactive ketones (excluding diaryl/α,β-unsaturated/α-hetero) is 1. The molecule has 142 valence electrons. The molecule has 1 saturated carbocycles. The predicted molar refractivity (Wildman–Crippen MR) is 95.5 cm³/mol. The number of carbonyl (C=O) groups is 2. The zero-order chi connectivity index (χ0) is 19.3. The van der Waals surface area contributed by atoms with Crippen LogP contribution < -0.4 is 5.32 Å². The molecule has 0 radical (unpaired) electrons. The summed E-state index contributed by atoms with van der Waals surface area (Å²) in [5, 5.41) is 1.88. The highest BCUT2D eigenvalue weighted by Crippen LogP contribution is 2.45. The third kappa shape index (κ3) is 4.93. The fraction of sp³-hybridized carbons (Fsp3) is 0.400. The minimum Gasteiger partial charge on any atom is -0.344 e. The number of benzene rings is 1. The van der Waals surface area contributed by atoms with Crippen LogP contribution in [0.4, 0.5) is 8.78 Å². The quantitative estimate of drug-likeness (QED) is 0.722. The first-order valence-electron chi connectivity index (χ1n) is 8.91. The summed E-state index contributed by atoms with van der Waals surface area (Å²) >= 11 is 0. The zero-order valence-electron chi connectivity index (χ0n) is 14.8. The molecule has 27 heavy (non-hydrogen) atoms. The van der Waals surface area contributed by atoms with Gasteiger partial charge in [0.05, 0.1) is 12.1 Å². The van der Waals surface area contributed by atoms with E-state index in [9.17, 15) is 18.4 Å². The van der Waals surface area contributed by atoms with Crippen LogP contribution in [0.5, 0.6) is 0 Å². The Morgan fingerprint density at radius 1 is 1.07 bits per heavy atom. The molecule has 3 rings (SSSR count). The lowest BCUT2D eigenvalue weighted by Crippen LogP contribution is -2.35. The molecular formula is C20H21F2N3O2. The van der Waals surface area contributed by atoms with E-state index < -0.39 is 24.7 Å². The third-order valence-electron chi connectivity index (χ3n) is 5.02. The van der Waals surface area contributed by atoms with Crippen LogP contribution in [0.25, 0.3) is 0 Å². The molecule has 1 amide bonds. The molecule has 0 atom stereocenters. The normalized spacial score (nSPS) is 15.2. The summed E-state index contributed by atoms with van der Waals surface area (Å²) in [6.07, 6.45) is 4.78. The lowest BCUT2D eigenvalue weighted by Gasteiger charge is -2.42. The van der Waals surface area contributed by atoms with E-state index in [0.717, 1.165) is 25.7 Å². The Bertz CT molecular complexity index is 791. The molecule has 5 nitrogen and oxygen atoms in total. The van der Waals surface area contributed by atoms with Crippen LogP contribution in [-0.4, -0.2) is 34.6 Å². The maximum atomic E-state index is 12.1. The summed E-state index contributed by atoms with van der Waals surface area (Å²) in [7, 11) is 0. The number of aromatic nitrogens is 2. The SMILES string of the molecule is O=C(CNC(=O)C(F)F)c1cnc(CC2(Cc3ccccc3)CCC2)nc1. The van der Waals surface area contributed by atoms with Crippen molar-refractivity contribution in [2.75, 3.05) is 6.54 Å². The molecule has 1 N–H and O–H groups in total. The van der Waals surface area contributed by atoms with Crippen molar-refractivity contribution in [3.63, 3.8) is 0 Å². The van der Waals surface area contributed by atoms with Crippen molar-refractivity contribution in [1.82, 2.24) is 15.3 Å². The van der Waals surface area contributed by atoms with Gasteiger partial charge < -0.3 is 5.32 Å². The minimum absolute atomic E-state index is 0.151. The number of amides is 1. The Hall–Kier alpha value is -2.70. The molecule has 0 unspecified atom stereocenters. The van der Waals surface area contributed by atoms with Gasteiger partial charge in [0.1, 0.15) is 5.82 Å². The number of nitrogens with one attached hydrogen (secondary N) is 1. The molecule has 0 aliphatic heterocycles. The maximum absolute atomic E-state index is 12.1. The smallest absolute Gasteiger partial charge is 0.315 e. The van der Waals surface area contributed by atoms with Crippen molar-refractivity contribution in [1.29, 1.82) is 0 Å². The van der Waals surface area contributed by atoms with Crippen LogP contribution in [-0.2, 0) is 17.6 Å². The second-order valence-electron chi connectivity index (χ2n) is 7.02. The van der Waals surface area contributed by atoms with Gasteiger partial charge >= 0.3 is 6.43 Å². The minimum atomic E-state index is -3.14. The number of nitrogens with zero attached hydrogens (tertiary/aromatic N) is 2. The van der Waals surface area contributed by atoms with Gasteiger partial charge in [-0.3, -0.25) is 9.59 Å². The Balaban J connectivity index is 1.59. The molecule has 1 heterocycles. The molecule has 2 aromatic rings. The van der Waals surface area contributed by atoms with Crippen molar-refractivity contribution >= 4 is 11.7 Å². The van der Waals surface area contributed by atoms with Gasteiger partial charge in [0, 0.05) is 18.8 Å². The topological polar surface area (TPSA) is 72.0 Å². The van der Waals surface area contributed by atoms with Gasteiger partial charge in [-0.1, -0.05) is 36.8 Å². The first-order chi connectivity index (χ1) is 13.0. The van der Waals surface area contributed by atoms with Crippen LogP contribution >= 0.6 is 0 Å². The molecule has 0 saturated heterocycles. The first-order valence-corrected chi connectivity index (χ1v) is 8.91. The summed E-state index contributed by atoms with van der Waals surface area (Å²) in [6, 6.07) is 10.3. The van der Waals surface area contributed by atoms with Gasteiger partial charge in [-0.15, -0.1) is 0 Å². The van der Waals surface area contributed by atoms with E-state index in [1.54, 1.807) is 0 Å². The maximum Gasteiger partial charge on any atom is 0.315 e. The van der Waals surface area contributed by atoms with Crippen molar-refractivity contribution in [3.8, 4) is 0 Å². The van der Waals surface area contributed by atoms with E-state index in [1.807, 2.05) is 23.5 Å². The number of alkyl halides is 2. The Morgan fingerprint density at radius 3 is 2.30 bits per heavy atom. The number of rotatable bonds is 8. The van der Waals surface area contributed by atoms with E-state index in [0.29, 0.717) is 5.82 Å². The molecule has 7 heteroatoms. The van der Waals surface area contributed by atoms with E-state index in [-0.39, 0.29) is 11.0 Å². The van der Waals surface area contributed by atoms with Gasteiger partial charge in [0.15, 0.2) is 5.78 Å². The van der Waals surface area contributed by atoms with Crippen molar-refractivity contribution in [2.24, 2.45) is 5.41 Å². The monoisotopic (exact) mass is 373 g/mol. The van der Waals surface area contributed by atoms with Crippen molar-refractivity contribution in [2.45, 2.75) is 38.5 Å². The van der Waals surface area contributed by atoms with Crippen LogP contribution in [0.2, 0.25) is 0 Å². The van der Waals surface area contributed by atoms with Crippen LogP contribution in [0, 0.1) is 5.41 Å². The fourth-order valence-electron chi connectivity index (χ4n) is 3.39. The second kappa shape index (κ2) is 8.33. The Kier molecular flexibility index (Phi) is 5.88. The van der Waals surface area contributed by atoms with Crippen molar-refractivity contribution in [3.05, 3.63) is 59.7 Å². The van der Waals surface area contributed by atoms with Gasteiger partial charge in [-0.05, 0) is 30.2 Å². The average molecular weight is 373 g/mol. The summed E-state index contributed by atoms with van der Waals surface area (Å²) in [5.74, 6) is -1.30. The van der Waals surface area contributed by atoms with Crippen LogP contribution in [0.1, 0.15) is 41.0 Å². The Morgan fingerprint density at radius 2 is 1.74 bits per heavy atom. The largest absolute Gasteiger partial charge is 0.344 e. The zero-order valence-corrected chi connectivity index (χ0v) is 14.8. The van der Waals surface area contributed by atoms with Gasteiger partial charge in [-0.25, -0.2) is 9.97 Å². The lowest BCUT2D eigenvalue weighted by atomic mass is 9.63. The van der Waals surface area contributed by atoms with E-state index >= 15 is 0 Å². The van der Waals surface area contributed by atoms with Gasteiger partial charge in [0.2, 0.25) is 0 Å². The van der Waals surface area contributed by atoms with Crippen molar-refractivity contribution < 1.29 is 18.4 Å². The second-order valence-corrected chi connectivity index (χ2v) is 7.02. The van der Waals surface area contributed by atoms with Gasteiger partial charge in [-0.2, -0.15) is 8.78 Å². The standard InChI is InChI=1S/C20H21F2N3O2/c21-18(22)19(27)25-13-16(26)15-11-23-17(24-12-15)10-20(7-4-8-20)9-14-5-2-1-3-6-14/h1-3,5-6,11-12,18H,4,7-10,13H2,(H,25,27). The van der Waals surface area contributed by atoms with E-state index in [1.165, 1.54) is 24.4 Å². The Labute approximate surface area is 156 Å². The number of hydrogen-bond donors (Lipinski definition) is 1. The van der Waals surface area contributed by atoms with Gasteiger partial charge in [0.25, 0.3) is 5.91 Å². The third-order valence-corrected chi connectivity index (χ3v) is 5.02. The fourth-order valence-corrected chi connectivity index (χ4v) is 3.39. The molecule has 1 fully saturated rings. The summed E-state index contributed by atoms with van der Waals surface area (Å²) < 4.78 is 24.3. The molecule has 0 spiro atoms. The molecule has 1 aliphatic rings. The number of hydrogen-bond acceptors (Lipinski definition) is 4. The number of ketones is 1. The summed E-state index contributed by atoms with van der Waals surface area (Å²) in [4.78, 5) is 31.3. The number of carbonyl (C=O) groups excluding carboxylic acids is 2. The van der Waals surface area contributed by atoms with E-state index in [4.69, 9.17) is 0 Å².